The van der Waals surface area contributed by atoms with Gasteiger partial charge >= 0.3 is 0 Å². The molecule has 108 valence electrons. The Hall–Kier alpha value is -3.01. The molecule has 0 bridgehead atoms. The van der Waals surface area contributed by atoms with Crippen molar-refractivity contribution in [3.63, 3.8) is 0 Å². The first-order valence-electron chi connectivity index (χ1n) is 7.30. The number of hydrogen-bond acceptors (Lipinski definition) is 2. The van der Waals surface area contributed by atoms with Crippen LogP contribution in [0, 0.1) is 0 Å². The summed E-state index contributed by atoms with van der Waals surface area (Å²) in [5.74, 6) is 0.868. The van der Waals surface area contributed by atoms with Crippen LogP contribution in [0.3, 0.4) is 0 Å². The van der Waals surface area contributed by atoms with Gasteiger partial charge in [0.2, 0.25) is 0 Å². The average Bonchev–Trinajstić information content (AvgIpc) is 3.17. The van der Waals surface area contributed by atoms with Crippen LogP contribution in [0.25, 0.3) is 16.6 Å². The standard InChI is InChI=1S/C18H16N4/c1-3-7-14(8-4-1)13-19-18-17-16(11-12-22(17)21-20-18)15-9-5-2-6-10-15/h1-12,21H,13H2,(H,19,20). The molecule has 22 heavy (non-hydrogen) atoms. The van der Waals surface area contributed by atoms with Crippen LogP contribution in [-0.4, -0.2) is 14.8 Å². The Morgan fingerprint density at radius 2 is 1.64 bits per heavy atom. The zero-order valence-corrected chi connectivity index (χ0v) is 12.0. The first kappa shape index (κ1) is 12.7. The van der Waals surface area contributed by atoms with Crippen LogP contribution in [0.5, 0.6) is 0 Å². The van der Waals surface area contributed by atoms with E-state index in [1.165, 1.54) is 16.7 Å². The van der Waals surface area contributed by atoms with Gasteiger partial charge in [0.15, 0.2) is 5.82 Å². The lowest BCUT2D eigenvalue weighted by atomic mass is 10.1. The highest BCUT2D eigenvalue weighted by Crippen LogP contribution is 2.29. The minimum atomic E-state index is 0.751. The van der Waals surface area contributed by atoms with Gasteiger partial charge < -0.3 is 5.32 Å². The van der Waals surface area contributed by atoms with E-state index in [-0.39, 0.29) is 0 Å². The monoisotopic (exact) mass is 288 g/mol. The van der Waals surface area contributed by atoms with Gasteiger partial charge in [-0.2, -0.15) is 0 Å². The highest BCUT2D eigenvalue weighted by atomic mass is 15.4. The molecule has 0 aliphatic rings. The lowest BCUT2D eigenvalue weighted by Crippen LogP contribution is -2.00. The smallest absolute Gasteiger partial charge is 0.174 e. The first-order chi connectivity index (χ1) is 10.9. The minimum absolute atomic E-state index is 0.751. The second kappa shape index (κ2) is 5.41. The summed E-state index contributed by atoms with van der Waals surface area (Å²) in [5, 5.41) is 10.8. The van der Waals surface area contributed by atoms with E-state index in [4.69, 9.17) is 0 Å². The van der Waals surface area contributed by atoms with Crippen LogP contribution in [0.4, 0.5) is 5.82 Å². The fourth-order valence-electron chi connectivity index (χ4n) is 2.67. The average molecular weight is 288 g/mol. The summed E-state index contributed by atoms with van der Waals surface area (Å²) in [7, 11) is 0. The number of aromatic amines is 1. The Morgan fingerprint density at radius 1 is 0.909 bits per heavy atom. The van der Waals surface area contributed by atoms with Gasteiger partial charge in [0, 0.05) is 18.3 Å². The van der Waals surface area contributed by atoms with Crippen LogP contribution in [0.1, 0.15) is 5.56 Å². The first-order valence-corrected chi connectivity index (χ1v) is 7.30. The molecular formula is C18H16N4. The number of nitrogens with zero attached hydrogens (tertiary/aromatic N) is 2. The topological polar surface area (TPSA) is 45.1 Å². The Kier molecular flexibility index (Phi) is 3.12. The van der Waals surface area contributed by atoms with E-state index in [2.05, 4.69) is 58.1 Å². The van der Waals surface area contributed by atoms with Crippen LogP contribution in [0.2, 0.25) is 0 Å². The van der Waals surface area contributed by atoms with Gasteiger partial charge in [0.1, 0.15) is 5.52 Å². The number of benzene rings is 2. The van der Waals surface area contributed by atoms with Crippen molar-refractivity contribution in [3.8, 4) is 11.1 Å². The van der Waals surface area contributed by atoms with E-state index < -0.39 is 0 Å². The number of fused-ring (bicyclic) bond motifs is 1. The molecule has 0 unspecified atom stereocenters. The fraction of sp³-hybridized carbons (Fsp3) is 0.0556. The molecular weight excluding hydrogens is 272 g/mol. The molecule has 0 radical (unpaired) electrons. The summed E-state index contributed by atoms with van der Waals surface area (Å²) in [5.41, 5.74) is 4.66. The quantitative estimate of drug-likeness (QED) is 0.597. The van der Waals surface area contributed by atoms with E-state index in [1.807, 2.05) is 35.0 Å². The normalized spacial score (nSPS) is 10.9. The van der Waals surface area contributed by atoms with Gasteiger partial charge in [-0.3, -0.25) is 0 Å². The Balaban J connectivity index is 1.69. The molecule has 4 nitrogen and oxygen atoms in total. The number of anilines is 1. The second-order valence-electron chi connectivity index (χ2n) is 5.21. The van der Waals surface area contributed by atoms with E-state index in [9.17, 15) is 0 Å². The third-order valence-corrected chi connectivity index (χ3v) is 3.77. The molecule has 4 heteroatoms. The third kappa shape index (κ3) is 2.24. The van der Waals surface area contributed by atoms with Crippen molar-refractivity contribution in [1.29, 1.82) is 0 Å². The van der Waals surface area contributed by atoms with Crippen molar-refractivity contribution in [2.45, 2.75) is 6.54 Å². The van der Waals surface area contributed by atoms with E-state index in [1.54, 1.807) is 0 Å². The number of H-pyrrole nitrogens is 1. The van der Waals surface area contributed by atoms with E-state index in [0.29, 0.717) is 0 Å². The van der Waals surface area contributed by atoms with Gasteiger partial charge in [-0.15, -0.1) is 5.10 Å². The summed E-state index contributed by atoms with van der Waals surface area (Å²) in [6.45, 7) is 0.751. The number of nitrogens with one attached hydrogen (secondary N) is 2. The van der Waals surface area contributed by atoms with Gasteiger partial charge in [0.25, 0.3) is 0 Å². The SMILES string of the molecule is c1ccc(CNc2n[nH]n3ccc(-c4ccccc4)c23)cc1. The maximum absolute atomic E-state index is 4.38. The van der Waals surface area contributed by atoms with Crippen molar-refractivity contribution in [3.05, 3.63) is 78.5 Å². The van der Waals surface area contributed by atoms with Crippen LogP contribution >= 0.6 is 0 Å². The van der Waals surface area contributed by atoms with Crippen LogP contribution in [-0.2, 0) is 6.54 Å². The number of aromatic nitrogens is 3. The van der Waals surface area contributed by atoms with Crippen LogP contribution in [0.15, 0.2) is 72.9 Å². The highest BCUT2D eigenvalue weighted by molar-refractivity contribution is 5.88. The van der Waals surface area contributed by atoms with Crippen molar-refractivity contribution >= 4 is 11.3 Å². The zero-order valence-electron chi connectivity index (χ0n) is 12.0. The van der Waals surface area contributed by atoms with Gasteiger partial charge in [-0.05, 0) is 17.2 Å². The molecule has 2 aromatic heterocycles. The molecule has 0 spiro atoms. The molecule has 0 aliphatic carbocycles. The number of rotatable bonds is 4. The van der Waals surface area contributed by atoms with Gasteiger partial charge in [-0.25, -0.2) is 9.73 Å². The fourth-order valence-corrected chi connectivity index (χ4v) is 2.67. The van der Waals surface area contributed by atoms with Crippen LogP contribution < -0.4 is 5.32 Å². The summed E-state index contributed by atoms with van der Waals surface area (Å²) < 4.78 is 1.94. The van der Waals surface area contributed by atoms with Crippen molar-refractivity contribution in [1.82, 2.24) is 14.8 Å². The zero-order chi connectivity index (χ0) is 14.8. The summed E-state index contributed by atoms with van der Waals surface area (Å²) in [4.78, 5) is 0. The lowest BCUT2D eigenvalue weighted by Gasteiger charge is -2.04. The molecule has 0 saturated heterocycles. The molecule has 2 heterocycles. The Labute approximate surface area is 128 Å². The Morgan fingerprint density at radius 3 is 2.41 bits per heavy atom. The molecule has 2 N–H and O–H groups in total. The molecule has 0 atom stereocenters. The highest BCUT2D eigenvalue weighted by Gasteiger charge is 2.12. The summed E-state index contributed by atoms with van der Waals surface area (Å²) in [6.07, 6.45) is 2.00. The summed E-state index contributed by atoms with van der Waals surface area (Å²) >= 11 is 0. The van der Waals surface area contributed by atoms with Crippen molar-refractivity contribution in [2.24, 2.45) is 0 Å². The molecule has 2 aromatic carbocycles. The molecule has 4 aromatic rings. The predicted octanol–water partition coefficient (Wildman–Crippen LogP) is 3.94. The molecule has 0 fully saturated rings. The van der Waals surface area contributed by atoms with Crippen molar-refractivity contribution in [2.75, 3.05) is 5.32 Å². The maximum Gasteiger partial charge on any atom is 0.174 e. The second-order valence-corrected chi connectivity index (χ2v) is 5.21. The largest absolute Gasteiger partial charge is 0.363 e. The molecule has 0 amide bonds. The lowest BCUT2D eigenvalue weighted by molar-refractivity contribution is 0.862. The molecule has 0 aliphatic heterocycles. The summed E-state index contributed by atoms with van der Waals surface area (Å²) in [6, 6.07) is 22.8. The Bertz CT molecular complexity index is 875. The number of hydrogen-bond donors (Lipinski definition) is 2. The molecule has 4 rings (SSSR count). The molecule has 0 saturated carbocycles. The van der Waals surface area contributed by atoms with E-state index in [0.717, 1.165) is 17.9 Å². The predicted molar refractivity (Wildman–Crippen MR) is 88.7 cm³/mol. The third-order valence-electron chi connectivity index (χ3n) is 3.77. The van der Waals surface area contributed by atoms with Gasteiger partial charge in [-0.1, -0.05) is 60.7 Å². The van der Waals surface area contributed by atoms with Crippen molar-refractivity contribution < 1.29 is 0 Å². The maximum atomic E-state index is 4.38. The van der Waals surface area contributed by atoms with Gasteiger partial charge in [0.05, 0.1) is 0 Å². The minimum Gasteiger partial charge on any atom is -0.363 e. The van der Waals surface area contributed by atoms with E-state index >= 15 is 0 Å².